The van der Waals surface area contributed by atoms with Crippen LogP contribution in [0.25, 0.3) is 20.8 Å². The first-order chi connectivity index (χ1) is 11.1. The van der Waals surface area contributed by atoms with Gasteiger partial charge in [-0.2, -0.15) is 0 Å². The number of hydrogen-bond donors (Lipinski definition) is 2. The number of carbonyl (C=O) groups is 1. The molecule has 0 bridgehead atoms. The largest absolute Gasteiger partial charge is 0.327 e. The molecule has 5 nitrogen and oxygen atoms in total. The number of fused-ring (bicyclic) bond motifs is 2. The number of anilines is 1. The van der Waals surface area contributed by atoms with E-state index in [1.165, 1.54) is 17.4 Å². The second kappa shape index (κ2) is 5.67. The molecule has 1 atom stereocenters. The van der Waals surface area contributed by atoms with Crippen LogP contribution in [0.1, 0.15) is 23.8 Å². The fourth-order valence-corrected chi connectivity index (χ4v) is 5.44. The minimum atomic E-state index is -0.0584. The van der Waals surface area contributed by atoms with Crippen LogP contribution in [0.5, 0.6) is 0 Å². The molecule has 1 aliphatic rings. The average molecular weight is 344 g/mol. The Morgan fingerprint density at radius 2 is 2.30 bits per heavy atom. The van der Waals surface area contributed by atoms with Gasteiger partial charge in [0.2, 0.25) is 5.91 Å². The molecule has 3 heterocycles. The number of aromatic nitrogens is 2. The zero-order valence-corrected chi connectivity index (χ0v) is 14.3. The number of carbonyl (C=O) groups excluding carboxylic acids is 1. The van der Waals surface area contributed by atoms with Crippen LogP contribution >= 0.6 is 22.7 Å². The normalized spacial score (nSPS) is 17.2. The molecule has 0 aromatic carbocycles. The van der Waals surface area contributed by atoms with E-state index in [1.54, 1.807) is 35.1 Å². The third kappa shape index (κ3) is 2.65. The summed E-state index contributed by atoms with van der Waals surface area (Å²) in [6, 6.07) is 2.18. The molecule has 0 saturated carbocycles. The van der Waals surface area contributed by atoms with Crippen molar-refractivity contribution in [3.63, 3.8) is 0 Å². The summed E-state index contributed by atoms with van der Waals surface area (Å²) in [4.78, 5) is 21.7. The molecule has 0 fully saturated rings. The number of nitrogens with two attached hydrogens (primary N) is 1. The first-order valence-corrected chi connectivity index (χ1v) is 9.13. The highest BCUT2D eigenvalue weighted by molar-refractivity contribution is 7.22. The predicted octanol–water partition coefficient (Wildman–Crippen LogP) is 3.19. The van der Waals surface area contributed by atoms with E-state index in [1.807, 2.05) is 6.07 Å². The van der Waals surface area contributed by atoms with E-state index in [2.05, 4.69) is 10.3 Å². The first-order valence-electron chi connectivity index (χ1n) is 7.50. The van der Waals surface area contributed by atoms with Crippen molar-refractivity contribution in [1.82, 2.24) is 9.97 Å². The number of thiazole rings is 1. The van der Waals surface area contributed by atoms with Crippen molar-refractivity contribution >= 4 is 43.8 Å². The summed E-state index contributed by atoms with van der Waals surface area (Å²) in [7, 11) is 0. The van der Waals surface area contributed by atoms with E-state index in [0.29, 0.717) is 0 Å². The number of nitrogens with zero attached hydrogens (tertiary/aromatic N) is 2. The lowest BCUT2D eigenvalue weighted by Gasteiger charge is -2.18. The SMILES string of the molecule is CC(=O)Nc1sc2c(c1-c1nc3cnccc3s1)CCC(N)C2. The molecule has 23 heavy (non-hydrogen) atoms. The second-order valence-corrected chi connectivity index (χ2v) is 7.89. The van der Waals surface area contributed by atoms with Gasteiger partial charge in [0.25, 0.3) is 0 Å². The standard InChI is InChI=1S/C16H16N4OS2/c1-8(21)19-15-14(10-3-2-9(17)6-13(10)23-15)16-20-11-7-18-5-4-12(11)22-16/h4-5,7,9H,2-3,6,17H2,1H3,(H,19,21). The predicted molar refractivity (Wildman–Crippen MR) is 95.0 cm³/mol. The smallest absolute Gasteiger partial charge is 0.221 e. The first kappa shape index (κ1) is 14.7. The molecular formula is C16H16N4OS2. The van der Waals surface area contributed by atoms with Gasteiger partial charge in [0.15, 0.2) is 0 Å². The van der Waals surface area contributed by atoms with Gasteiger partial charge in [-0.25, -0.2) is 4.98 Å². The maximum atomic E-state index is 11.6. The van der Waals surface area contributed by atoms with Crippen molar-refractivity contribution in [2.75, 3.05) is 5.32 Å². The van der Waals surface area contributed by atoms with Crippen LogP contribution in [-0.4, -0.2) is 21.9 Å². The third-order valence-corrected chi connectivity index (χ3v) is 6.22. The second-order valence-electron chi connectivity index (χ2n) is 5.75. The van der Waals surface area contributed by atoms with E-state index >= 15 is 0 Å². The Morgan fingerprint density at radius 1 is 1.43 bits per heavy atom. The fourth-order valence-electron chi connectivity index (χ4n) is 2.97. The molecule has 1 amide bonds. The molecule has 1 unspecified atom stereocenters. The molecule has 0 spiro atoms. The maximum absolute atomic E-state index is 11.6. The average Bonchev–Trinajstić information content (AvgIpc) is 3.06. The molecule has 3 aromatic rings. The number of nitrogens with one attached hydrogen (secondary N) is 1. The zero-order chi connectivity index (χ0) is 16.0. The van der Waals surface area contributed by atoms with Crippen molar-refractivity contribution in [2.45, 2.75) is 32.2 Å². The zero-order valence-electron chi connectivity index (χ0n) is 12.6. The molecule has 7 heteroatoms. The van der Waals surface area contributed by atoms with Crippen LogP contribution in [0, 0.1) is 0 Å². The highest BCUT2D eigenvalue weighted by atomic mass is 32.1. The summed E-state index contributed by atoms with van der Waals surface area (Å²) in [6.07, 6.45) is 6.35. The monoisotopic (exact) mass is 344 g/mol. The van der Waals surface area contributed by atoms with Crippen LogP contribution in [0.3, 0.4) is 0 Å². The Balaban J connectivity index is 1.89. The Morgan fingerprint density at radius 3 is 3.09 bits per heavy atom. The Labute approximate surface area is 141 Å². The number of pyridine rings is 1. The molecule has 118 valence electrons. The molecule has 0 radical (unpaired) electrons. The van der Waals surface area contributed by atoms with Crippen LogP contribution < -0.4 is 11.1 Å². The lowest BCUT2D eigenvalue weighted by atomic mass is 9.92. The van der Waals surface area contributed by atoms with Crippen molar-refractivity contribution in [3.8, 4) is 10.6 Å². The minimum Gasteiger partial charge on any atom is -0.327 e. The van der Waals surface area contributed by atoms with Crippen LogP contribution in [0.15, 0.2) is 18.5 Å². The molecular weight excluding hydrogens is 328 g/mol. The van der Waals surface area contributed by atoms with E-state index in [-0.39, 0.29) is 11.9 Å². The Hall–Kier alpha value is -1.83. The lowest BCUT2D eigenvalue weighted by molar-refractivity contribution is -0.114. The van der Waals surface area contributed by atoms with Crippen LogP contribution in [0.4, 0.5) is 5.00 Å². The number of thiophene rings is 1. The summed E-state index contributed by atoms with van der Waals surface area (Å²) >= 11 is 3.28. The van der Waals surface area contributed by atoms with Gasteiger partial charge in [-0.05, 0) is 30.9 Å². The van der Waals surface area contributed by atoms with Crippen molar-refractivity contribution in [3.05, 3.63) is 28.9 Å². The van der Waals surface area contributed by atoms with Crippen molar-refractivity contribution in [1.29, 1.82) is 0 Å². The Bertz CT molecular complexity index is 866. The number of hydrogen-bond acceptors (Lipinski definition) is 6. The molecule has 1 aliphatic carbocycles. The van der Waals surface area contributed by atoms with Crippen LogP contribution in [0.2, 0.25) is 0 Å². The van der Waals surface area contributed by atoms with E-state index in [4.69, 9.17) is 10.7 Å². The van der Waals surface area contributed by atoms with Gasteiger partial charge in [0, 0.05) is 29.6 Å². The van der Waals surface area contributed by atoms with Gasteiger partial charge >= 0.3 is 0 Å². The minimum absolute atomic E-state index is 0.0584. The maximum Gasteiger partial charge on any atom is 0.221 e. The molecule has 4 rings (SSSR count). The molecule has 3 aromatic heterocycles. The summed E-state index contributed by atoms with van der Waals surface area (Å²) in [6.45, 7) is 1.54. The summed E-state index contributed by atoms with van der Waals surface area (Å²) < 4.78 is 1.11. The van der Waals surface area contributed by atoms with Gasteiger partial charge in [0.05, 0.1) is 10.9 Å². The van der Waals surface area contributed by atoms with Crippen LogP contribution in [-0.2, 0) is 17.6 Å². The highest BCUT2D eigenvalue weighted by Gasteiger charge is 2.27. The van der Waals surface area contributed by atoms with E-state index in [9.17, 15) is 4.79 Å². The van der Waals surface area contributed by atoms with Gasteiger partial charge in [-0.1, -0.05) is 0 Å². The summed E-state index contributed by atoms with van der Waals surface area (Å²) in [5.41, 5.74) is 9.38. The Kier molecular flexibility index (Phi) is 3.63. The van der Waals surface area contributed by atoms with Gasteiger partial charge < -0.3 is 11.1 Å². The highest BCUT2D eigenvalue weighted by Crippen LogP contribution is 2.45. The van der Waals surface area contributed by atoms with Gasteiger partial charge in [-0.15, -0.1) is 22.7 Å². The van der Waals surface area contributed by atoms with E-state index in [0.717, 1.165) is 45.1 Å². The molecule has 3 N–H and O–H groups in total. The summed E-state index contributed by atoms with van der Waals surface area (Å²) in [5, 5.41) is 4.82. The lowest BCUT2D eigenvalue weighted by Crippen LogP contribution is -2.26. The van der Waals surface area contributed by atoms with Crippen molar-refractivity contribution < 1.29 is 4.79 Å². The van der Waals surface area contributed by atoms with E-state index < -0.39 is 0 Å². The van der Waals surface area contributed by atoms with Gasteiger partial charge in [-0.3, -0.25) is 9.78 Å². The molecule has 0 saturated heterocycles. The quantitative estimate of drug-likeness (QED) is 0.748. The summed E-state index contributed by atoms with van der Waals surface area (Å²) in [5.74, 6) is -0.0584. The van der Waals surface area contributed by atoms with Crippen molar-refractivity contribution in [2.24, 2.45) is 5.73 Å². The fraction of sp³-hybridized carbons (Fsp3) is 0.312. The molecule has 0 aliphatic heterocycles. The topological polar surface area (TPSA) is 80.9 Å². The number of amides is 1. The number of rotatable bonds is 2. The third-order valence-electron chi connectivity index (χ3n) is 4.00. The van der Waals surface area contributed by atoms with Gasteiger partial charge in [0.1, 0.15) is 15.5 Å².